The van der Waals surface area contributed by atoms with E-state index in [0.29, 0.717) is 26.2 Å². The molecule has 0 aliphatic rings. The van der Waals surface area contributed by atoms with Gasteiger partial charge >= 0.3 is 0 Å². The number of hydrogen-bond acceptors (Lipinski definition) is 5. The molecule has 22 heavy (non-hydrogen) atoms. The molecule has 0 amide bonds. The van der Waals surface area contributed by atoms with Gasteiger partial charge < -0.3 is 19.5 Å². The number of aliphatic hydroxyl groups excluding tert-OH is 1. The summed E-state index contributed by atoms with van der Waals surface area (Å²) in [5.41, 5.74) is 1.57. The fourth-order valence-electron chi connectivity index (χ4n) is 1.86. The first-order valence-corrected chi connectivity index (χ1v) is 7.81. The predicted octanol–water partition coefficient (Wildman–Crippen LogP) is 2.51. The minimum atomic E-state index is -0.326. The molecule has 0 radical (unpaired) electrons. The maximum absolute atomic E-state index is 12.0. The van der Waals surface area contributed by atoms with Crippen molar-refractivity contribution in [2.45, 2.75) is 46.1 Å². The van der Waals surface area contributed by atoms with Gasteiger partial charge in [0, 0.05) is 37.5 Å². The second-order valence-electron chi connectivity index (χ2n) is 5.40. The van der Waals surface area contributed by atoms with Crippen molar-refractivity contribution in [2.75, 3.05) is 33.5 Å². The Labute approximate surface area is 134 Å². The summed E-state index contributed by atoms with van der Waals surface area (Å²) >= 11 is 0. The normalized spacial score (nSPS) is 13.0. The third-order valence-corrected chi connectivity index (χ3v) is 3.28. The molecule has 0 heterocycles. The molecule has 1 atom stereocenters. The molecule has 0 aromatic rings. The van der Waals surface area contributed by atoms with E-state index in [4.69, 9.17) is 14.6 Å². The van der Waals surface area contributed by atoms with E-state index in [1.54, 1.807) is 7.11 Å². The van der Waals surface area contributed by atoms with Crippen molar-refractivity contribution in [3.05, 3.63) is 24.0 Å². The van der Waals surface area contributed by atoms with E-state index in [1.807, 2.05) is 24.9 Å². The van der Waals surface area contributed by atoms with Crippen LogP contribution in [0.2, 0.25) is 0 Å². The third-order valence-electron chi connectivity index (χ3n) is 3.28. The largest absolute Gasteiger partial charge is 0.394 e. The number of nitrogens with zero attached hydrogens (tertiary/aromatic N) is 1. The van der Waals surface area contributed by atoms with Crippen LogP contribution >= 0.6 is 0 Å². The maximum atomic E-state index is 12.0. The fourth-order valence-corrected chi connectivity index (χ4v) is 1.86. The summed E-state index contributed by atoms with van der Waals surface area (Å²) in [4.78, 5) is 13.9. The number of unbranched alkanes of at least 4 members (excludes halogenated alkanes) is 1. The number of carbonyl (C=O) groups is 1. The van der Waals surface area contributed by atoms with Crippen LogP contribution in [0.5, 0.6) is 0 Å². The van der Waals surface area contributed by atoms with Crippen molar-refractivity contribution in [1.29, 1.82) is 0 Å². The minimum Gasteiger partial charge on any atom is -0.394 e. The monoisotopic (exact) mass is 313 g/mol. The highest BCUT2D eigenvalue weighted by molar-refractivity contribution is 5.94. The lowest BCUT2D eigenvalue weighted by atomic mass is 10.1. The lowest BCUT2D eigenvalue weighted by Crippen LogP contribution is -2.28. The van der Waals surface area contributed by atoms with E-state index in [9.17, 15) is 4.79 Å². The number of ketones is 1. The van der Waals surface area contributed by atoms with Gasteiger partial charge in [-0.2, -0.15) is 0 Å². The number of methoxy groups -OCH3 is 1. The molecular weight excluding hydrogens is 282 g/mol. The Morgan fingerprint density at radius 2 is 2.09 bits per heavy atom. The summed E-state index contributed by atoms with van der Waals surface area (Å²) in [5.74, 6) is 0.168. The zero-order valence-electron chi connectivity index (χ0n) is 14.4. The number of ether oxygens (including phenoxy) is 2. The van der Waals surface area contributed by atoms with Crippen molar-refractivity contribution < 1.29 is 19.4 Å². The summed E-state index contributed by atoms with van der Waals surface area (Å²) in [6.45, 7) is 11.0. The second kappa shape index (κ2) is 12.4. The van der Waals surface area contributed by atoms with Gasteiger partial charge in [0.15, 0.2) is 5.78 Å². The number of rotatable bonds is 13. The number of allylic oxidation sites excluding steroid dienone is 2. The van der Waals surface area contributed by atoms with E-state index in [0.717, 1.165) is 24.1 Å². The molecule has 0 bridgehead atoms. The molecule has 0 aromatic heterocycles. The molecule has 0 saturated heterocycles. The molecule has 1 N–H and O–H groups in total. The van der Waals surface area contributed by atoms with Crippen molar-refractivity contribution >= 4 is 5.78 Å². The predicted molar refractivity (Wildman–Crippen MR) is 88.5 cm³/mol. The van der Waals surface area contributed by atoms with E-state index < -0.39 is 0 Å². The van der Waals surface area contributed by atoms with Crippen LogP contribution in [-0.2, 0) is 14.3 Å². The fraction of sp³-hybridized carbons (Fsp3) is 0.706. The van der Waals surface area contributed by atoms with Gasteiger partial charge in [0.25, 0.3) is 0 Å². The summed E-state index contributed by atoms with van der Waals surface area (Å²) in [6, 6.07) is 0. The molecule has 0 spiro atoms. The Kier molecular flexibility index (Phi) is 11.7. The number of carbonyl (C=O) groups excluding carboxylic acids is 1. The standard InChI is InChI=1S/C17H31NO4/c1-6-7-8-17(20)15(4)11-18(14(2)3)9-10-22-16(12-19)13-21-5/h11,16,19H,2,6-10,12-13H2,1,3-5H3/b15-11-. The zero-order chi connectivity index (χ0) is 17.0. The van der Waals surface area contributed by atoms with E-state index in [-0.39, 0.29) is 18.5 Å². The molecule has 0 aromatic carbocycles. The Hall–Kier alpha value is -1.17. The molecule has 0 rings (SSSR count). The van der Waals surface area contributed by atoms with Crippen molar-refractivity contribution in [1.82, 2.24) is 4.90 Å². The lowest BCUT2D eigenvalue weighted by molar-refractivity contribution is -0.115. The molecule has 0 aliphatic carbocycles. The van der Waals surface area contributed by atoms with Gasteiger partial charge in [-0.05, 0) is 20.3 Å². The summed E-state index contributed by atoms with van der Waals surface area (Å²) < 4.78 is 10.5. The van der Waals surface area contributed by atoms with Crippen molar-refractivity contribution in [3.8, 4) is 0 Å². The van der Waals surface area contributed by atoms with Crippen LogP contribution in [0.4, 0.5) is 0 Å². The highest BCUT2D eigenvalue weighted by Gasteiger charge is 2.10. The molecule has 5 heteroatoms. The second-order valence-corrected chi connectivity index (χ2v) is 5.40. The SMILES string of the molecule is C=C(C)N(/C=C(/C)C(=O)CCCC)CCOC(CO)COC. The van der Waals surface area contributed by atoms with Gasteiger partial charge in [-0.25, -0.2) is 0 Å². The summed E-state index contributed by atoms with van der Waals surface area (Å²) in [7, 11) is 1.57. The van der Waals surface area contributed by atoms with Crippen LogP contribution in [0.15, 0.2) is 24.0 Å². The Morgan fingerprint density at radius 3 is 2.59 bits per heavy atom. The Morgan fingerprint density at radius 1 is 1.41 bits per heavy atom. The highest BCUT2D eigenvalue weighted by atomic mass is 16.5. The smallest absolute Gasteiger partial charge is 0.160 e. The number of aliphatic hydroxyl groups is 1. The zero-order valence-corrected chi connectivity index (χ0v) is 14.4. The van der Waals surface area contributed by atoms with Crippen LogP contribution in [0.3, 0.4) is 0 Å². The van der Waals surface area contributed by atoms with Gasteiger partial charge in [0.05, 0.1) is 19.8 Å². The topological polar surface area (TPSA) is 59.0 Å². The molecule has 0 aliphatic heterocycles. The van der Waals surface area contributed by atoms with E-state index in [1.165, 1.54) is 0 Å². The van der Waals surface area contributed by atoms with Gasteiger partial charge in [-0.1, -0.05) is 19.9 Å². The Balaban J connectivity index is 4.48. The maximum Gasteiger partial charge on any atom is 0.160 e. The van der Waals surface area contributed by atoms with Crippen LogP contribution in [-0.4, -0.2) is 55.4 Å². The van der Waals surface area contributed by atoms with Gasteiger partial charge in [0.2, 0.25) is 0 Å². The van der Waals surface area contributed by atoms with Crippen LogP contribution in [0.25, 0.3) is 0 Å². The summed E-state index contributed by atoms with van der Waals surface area (Å²) in [5, 5.41) is 9.14. The first-order valence-electron chi connectivity index (χ1n) is 7.81. The average Bonchev–Trinajstić information content (AvgIpc) is 2.49. The van der Waals surface area contributed by atoms with Crippen LogP contribution in [0.1, 0.15) is 40.0 Å². The van der Waals surface area contributed by atoms with Crippen LogP contribution in [0, 0.1) is 0 Å². The van der Waals surface area contributed by atoms with Gasteiger partial charge in [-0.15, -0.1) is 0 Å². The minimum absolute atomic E-state index is 0.0781. The number of Topliss-reactive ketones (excluding diaryl/α,β-unsaturated/α-hetero) is 1. The Bertz CT molecular complexity index is 366. The molecule has 1 unspecified atom stereocenters. The van der Waals surface area contributed by atoms with Gasteiger partial charge in [0.1, 0.15) is 6.10 Å². The lowest BCUT2D eigenvalue weighted by Gasteiger charge is -2.23. The molecule has 5 nitrogen and oxygen atoms in total. The van der Waals surface area contributed by atoms with Crippen molar-refractivity contribution in [3.63, 3.8) is 0 Å². The van der Waals surface area contributed by atoms with E-state index in [2.05, 4.69) is 13.5 Å². The molecular formula is C17H31NO4. The summed E-state index contributed by atoms with van der Waals surface area (Å²) in [6.07, 6.45) is 4.01. The first-order chi connectivity index (χ1) is 10.5. The third kappa shape index (κ3) is 8.97. The van der Waals surface area contributed by atoms with Crippen LogP contribution < -0.4 is 0 Å². The average molecular weight is 313 g/mol. The molecule has 0 saturated carbocycles. The van der Waals surface area contributed by atoms with Gasteiger partial charge in [-0.3, -0.25) is 4.79 Å². The van der Waals surface area contributed by atoms with E-state index >= 15 is 0 Å². The molecule has 0 fully saturated rings. The quantitative estimate of drug-likeness (QED) is 0.529. The first kappa shape index (κ1) is 20.8. The van der Waals surface area contributed by atoms with Crippen molar-refractivity contribution in [2.24, 2.45) is 0 Å². The number of hydrogen-bond donors (Lipinski definition) is 1. The highest BCUT2D eigenvalue weighted by Crippen LogP contribution is 2.09. The molecule has 128 valence electrons.